The minimum Gasteiger partial charge on any atom is -0.340 e. The number of nitrogens with one attached hydrogen (secondary N) is 1. The molecule has 3 amide bonds. The number of hydrogen-bond donors (Lipinski definition) is 1. The molecule has 0 aromatic carbocycles. The van der Waals surface area contributed by atoms with E-state index in [0.717, 1.165) is 4.90 Å². The Hall–Kier alpha value is -1.69. The molecule has 1 heterocycles. The zero-order valence-electron chi connectivity index (χ0n) is 10.2. The molecule has 0 aliphatic heterocycles. The Labute approximate surface area is 105 Å². The monoisotopic (exact) mass is 258 g/mol. The van der Waals surface area contributed by atoms with Gasteiger partial charge in [0.1, 0.15) is 0 Å². The molecule has 0 spiro atoms. The first-order valence-corrected chi connectivity index (χ1v) is 5.44. The summed E-state index contributed by atoms with van der Waals surface area (Å²) in [6, 6.07) is -0.548. The second kappa shape index (κ2) is 7.56. The molecule has 0 saturated heterocycles. The SMILES string of the molecule is CC.CNC(=O)N(C(C)=O)c1cnc(Cl)nc1. The minimum atomic E-state index is -0.548. The first-order valence-electron chi connectivity index (χ1n) is 5.06. The zero-order chi connectivity index (χ0) is 13.4. The molecule has 1 rings (SSSR count). The second-order valence-corrected chi connectivity index (χ2v) is 2.96. The van der Waals surface area contributed by atoms with Crippen LogP contribution >= 0.6 is 11.6 Å². The number of imide groups is 1. The summed E-state index contributed by atoms with van der Waals surface area (Å²) in [5.74, 6) is -0.430. The summed E-state index contributed by atoms with van der Waals surface area (Å²) in [7, 11) is 1.43. The van der Waals surface area contributed by atoms with Gasteiger partial charge in [-0.15, -0.1) is 0 Å². The lowest BCUT2D eigenvalue weighted by molar-refractivity contribution is -0.115. The molecule has 7 heteroatoms. The Balaban J connectivity index is 0.00000121. The van der Waals surface area contributed by atoms with Crippen LogP contribution in [0.5, 0.6) is 0 Å². The van der Waals surface area contributed by atoms with Crippen molar-refractivity contribution in [2.45, 2.75) is 20.8 Å². The molecule has 0 aliphatic rings. The maximum absolute atomic E-state index is 11.3. The molecule has 0 fully saturated rings. The fourth-order valence-corrected chi connectivity index (χ4v) is 1.07. The van der Waals surface area contributed by atoms with Gasteiger partial charge >= 0.3 is 6.03 Å². The van der Waals surface area contributed by atoms with Crippen molar-refractivity contribution >= 4 is 29.2 Å². The first kappa shape index (κ1) is 15.3. The van der Waals surface area contributed by atoms with E-state index < -0.39 is 11.9 Å². The Kier molecular flexibility index (Phi) is 6.81. The normalized spacial score (nSPS) is 8.76. The Morgan fingerprint density at radius 3 is 2.12 bits per heavy atom. The van der Waals surface area contributed by atoms with Gasteiger partial charge < -0.3 is 5.32 Å². The number of aromatic nitrogens is 2. The highest BCUT2D eigenvalue weighted by atomic mass is 35.5. The van der Waals surface area contributed by atoms with E-state index in [1.165, 1.54) is 26.4 Å². The van der Waals surface area contributed by atoms with E-state index in [4.69, 9.17) is 11.6 Å². The number of carbonyl (C=O) groups is 2. The van der Waals surface area contributed by atoms with Crippen molar-refractivity contribution < 1.29 is 9.59 Å². The third-order valence-corrected chi connectivity index (χ3v) is 1.79. The van der Waals surface area contributed by atoms with E-state index in [1.807, 2.05) is 13.8 Å². The molecule has 0 bridgehead atoms. The molecule has 0 radical (unpaired) electrons. The fraction of sp³-hybridized carbons (Fsp3) is 0.400. The first-order chi connectivity index (χ1) is 8.06. The van der Waals surface area contributed by atoms with Crippen LogP contribution in [-0.2, 0) is 4.79 Å². The van der Waals surface area contributed by atoms with Gasteiger partial charge in [-0.25, -0.2) is 19.7 Å². The predicted molar refractivity (Wildman–Crippen MR) is 66.0 cm³/mol. The Morgan fingerprint density at radius 2 is 1.76 bits per heavy atom. The van der Waals surface area contributed by atoms with Crippen LogP contribution in [0.15, 0.2) is 12.4 Å². The molecule has 17 heavy (non-hydrogen) atoms. The van der Waals surface area contributed by atoms with Crippen molar-refractivity contribution in [2.75, 3.05) is 11.9 Å². The summed E-state index contributed by atoms with van der Waals surface area (Å²) in [4.78, 5) is 30.8. The van der Waals surface area contributed by atoms with Crippen molar-refractivity contribution in [1.82, 2.24) is 15.3 Å². The Bertz CT molecular complexity index is 380. The predicted octanol–water partition coefficient (Wildman–Crippen LogP) is 1.85. The molecule has 0 unspecified atom stereocenters. The van der Waals surface area contributed by atoms with Gasteiger partial charge in [-0.05, 0) is 11.6 Å². The quantitative estimate of drug-likeness (QED) is 0.780. The van der Waals surface area contributed by atoms with E-state index in [-0.39, 0.29) is 11.0 Å². The van der Waals surface area contributed by atoms with E-state index >= 15 is 0 Å². The van der Waals surface area contributed by atoms with Gasteiger partial charge in [0.25, 0.3) is 0 Å². The van der Waals surface area contributed by atoms with Gasteiger partial charge in [0.2, 0.25) is 11.2 Å². The highest BCUT2D eigenvalue weighted by molar-refractivity contribution is 6.28. The van der Waals surface area contributed by atoms with E-state index in [9.17, 15) is 9.59 Å². The lowest BCUT2D eigenvalue weighted by atomic mass is 10.4. The molecule has 0 aliphatic carbocycles. The summed E-state index contributed by atoms with van der Waals surface area (Å²) in [6.45, 7) is 5.27. The maximum Gasteiger partial charge on any atom is 0.328 e. The lowest BCUT2D eigenvalue weighted by Gasteiger charge is -2.17. The van der Waals surface area contributed by atoms with Gasteiger partial charge in [0.15, 0.2) is 0 Å². The number of urea groups is 1. The standard InChI is InChI=1S/C8H9ClN4O2.C2H6/c1-5(14)13(8(15)10-2)6-3-11-7(9)12-4-6;1-2/h3-4H,1-2H3,(H,10,15);1-2H3. The van der Waals surface area contributed by atoms with Crippen LogP contribution < -0.4 is 10.2 Å². The summed E-state index contributed by atoms with van der Waals surface area (Å²) in [6.07, 6.45) is 2.60. The summed E-state index contributed by atoms with van der Waals surface area (Å²) in [5, 5.41) is 2.39. The van der Waals surface area contributed by atoms with Crippen LogP contribution in [0.2, 0.25) is 5.28 Å². The molecule has 1 N–H and O–H groups in total. The molecule has 1 aromatic rings. The van der Waals surface area contributed by atoms with Crippen molar-refractivity contribution in [1.29, 1.82) is 0 Å². The smallest absolute Gasteiger partial charge is 0.328 e. The van der Waals surface area contributed by atoms with E-state index in [0.29, 0.717) is 0 Å². The van der Waals surface area contributed by atoms with Crippen molar-refractivity contribution in [3.05, 3.63) is 17.7 Å². The summed E-state index contributed by atoms with van der Waals surface area (Å²) in [5.41, 5.74) is 0.270. The number of nitrogens with zero attached hydrogens (tertiary/aromatic N) is 3. The minimum absolute atomic E-state index is 0.0548. The average molecular weight is 259 g/mol. The number of carbonyl (C=O) groups excluding carboxylic acids is 2. The highest BCUT2D eigenvalue weighted by Crippen LogP contribution is 2.12. The topological polar surface area (TPSA) is 75.2 Å². The lowest BCUT2D eigenvalue weighted by Crippen LogP contribution is -2.41. The molecule has 94 valence electrons. The molecule has 0 atom stereocenters. The fourth-order valence-electron chi connectivity index (χ4n) is 0.975. The van der Waals surface area contributed by atoms with Gasteiger partial charge in [-0.1, -0.05) is 13.8 Å². The number of hydrogen-bond acceptors (Lipinski definition) is 4. The second-order valence-electron chi connectivity index (χ2n) is 2.62. The van der Waals surface area contributed by atoms with E-state index in [2.05, 4.69) is 15.3 Å². The number of halogens is 1. The largest absolute Gasteiger partial charge is 0.340 e. The zero-order valence-corrected chi connectivity index (χ0v) is 10.9. The molecule has 6 nitrogen and oxygen atoms in total. The molecular weight excluding hydrogens is 244 g/mol. The molecule has 1 aromatic heterocycles. The van der Waals surface area contributed by atoms with Gasteiger partial charge in [0, 0.05) is 14.0 Å². The van der Waals surface area contributed by atoms with Crippen molar-refractivity contribution in [2.24, 2.45) is 0 Å². The summed E-state index contributed by atoms with van der Waals surface area (Å²) >= 11 is 5.48. The summed E-state index contributed by atoms with van der Waals surface area (Å²) < 4.78 is 0. The van der Waals surface area contributed by atoms with Crippen molar-refractivity contribution in [3.8, 4) is 0 Å². The highest BCUT2D eigenvalue weighted by Gasteiger charge is 2.19. The maximum atomic E-state index is 11.3. The van der Waals surface area contributed by atoms with Gasteiger partial charge in [0.05, 0.1) is 18.1 Å². The van der Waals surface area contributed by atoms with E-state index in [1.54, 1.807) is 0 Å². The Morgan fingerprint density at radius 1 is 1.29 bits per heavy atom. The van der Waals surface area contributed by atoms with Crippen LogP contribution in [0, 0.1) is 0 Å². The van der Waals surface area contributed by atoms with Crippen LogP contribution in [0.3, 0.4) is 0 Å². The third kappa shape index (κ3) is 4.36. The molecule has 0 saturated carbocycles. The van der Waals surface area contributed by atoms with Crippen LogP contribution in [0.1, 0.15) is 20.8 Å². The number of rotatable bonds is 1. The third-order valence-electron chi connectivity index (χ3n) is 1.60. The van der Waals surface area contributed by atoms with Crippen LogP contribution in [-0.4, -0.2) is 29.0 Å². The van der Waals surface area contributed by atoms with Gasteiger partial charge in [-0.2, -0.15) is 0 Å². The van der Waals surface area contributed by atoms with Gasteiger partial charge in [-0.3, -0.25) is 4.79 Å². The van der Waals surface area contributed by atoms with Crippen LogP contribution in [0.4, 0.5) is 10.5 Å². The van der Waals surface area contributed by atoms with Crippen molar-refractivity contribution in [3.63, 3.8) is 0 Å². The number of anilines is 1. The number of amides is 3. The van der Waals surface area contributed by atoms with Crippen LogP contribution in [0.25, 0.3) is 0 Å². The molecular formula is C10H15ClN4O2. The average Bonchev–Trinajstić information content (AvgIpc) is 2.34.